The summed E-state index contributed by atoms with van der Waals surface area (Å²) in [4.78, 5) is 18.1. The Morgan fingerprint density at radius 2 is 2.11 bits per heavy atom. The van der Waals surface area contributed by atoms with Gasteiger partial charge in [-0.15, -0.1) is 0 Å². The average Bonchev–Trinajstić information content (AvgIpc) is 2.32. The van der Waals surface area contributed by atoms with Crippen LogP contribution in [-0.2, 0) is 6.42 Å². The minimum atomic E-state index is -0.988. The third-order valence-electron chi connectivity index (χ3n) is 2.51. The minimum Gasteiger partial charge on any atom is -0.311 e. The van der Waals surface area contributed by atoms with Gasteiger partial charge in [0.1, 0.15) is 5.82 Å². The molecule has 1 heterocycles. The summed E-state index contributed by atoms with van der Waals surface area (Å²) < 4.78 is 26.7. The van der Waals surface area contributed by atoms with Crippen molar-refractivity contribution in [2.24, 2.45) is 0 Å². The minimum absolute atomic E-state index is 0.00143. The Morgan fingerprint density at radius 3 is 2.83 bits per heavy atom. The molecule has 0 spiro atoms. The average molecular weight is 250 g/mol. The van der Waals surface area contributed by atoms with E-state index in [9.17, 15) is 13.6 Å². The van der Waals surface area contributed by atoms with Crippen LogP contribution in [0.2, 0.25) is 0 Å². The summed E-state index contributed by atoms with van der Waals surface area (Å²) in [6, 6.07) is 4.97. The Balaban J connectivity index is 2.56. The number of aromatic nitrogens is 2. The van der Waals surface area contributed by atoms with Gasteiger partial charge in [-0.25, -0.2) is 13.8 Å². The van der Waals surface area contributed by atoms with Gasteiger partial charge in [-0.1, -0.05) is 13.0 Å². The zero-order chi connectivity index (χ0) is 13.1. The Bertz CT molecular complexity index is 623. The van der Waals surface area contributed by atoms with Crippen molar-refractivity contribution in [2.45, 2.75) is 19.8 Å². The van der Waals surface area contributed by atoms with Crippen molar-refractivity contribution in [3.63, 3.8) is 0 Å². The van der Waals surface area contributed by atoms with Crippen molar-refractivity contribution in [1.82, 2.24) is 9.97 Å². The van der Waals surface area contributed by atoms with E-state index >= 15 is 0 Å². The van der Waals surface area contributed by atoms with E-state index in [0.717, 1.165) is 18.6 Å². The standard InChI is InChI=1S/C13H12F2N2O/c1-2-4-11-16-10(7-12(18)17-11)8-5-3-6-9(14)13(8)15/h3,5-7H,2,4H2,1H3,(H,16,17,18). The van der Waals surface area contributed by atoms with Gasteiger partial charge in [0, 0.05) is 18.1 Å². The highest BCUT2D eigenvalue weighted by Crippen LogP contribution is 2.21. The van der Waals surface area contributed by atoms with Crippen LogP contribution in [0.25, 0.3) is 11.3 Å². The van der Waals surface area contributed by atoms with Crippen LogP contribution in [0.4, 0.5) is 8.78 Å². The van der Waals surface area contributed by atoms with Crippen LogP contribution in [0.5, 0.6) is 0 Å². The molecule has 3 nitrogen and oxygen atoms in total. The highest BCUT2D eigenvalue weighted by Gasteiger charge is 2.12. The van der Waals surface area contributed by atoms with Gasteiger partial charge in [-0.05, 0) is 18.6 Å². The topological polar surface area (TPSA) is 45.8 Å². The third-order valence-corrected chi connectivity index (χ3v) is 2.51. The van der Waals surface area contributed by atoms with Gasteiger partial charge in [-0.2, -0.15) is 0 Å². The quantitative estimate of drug-likeness (QED) is 0.910. The van der Waals surface area contributed by atoms with Gasteiger partial charge in [0.15, 0.2) is 11.6 Å². The maximum Gasteiger partial charge on any atom is 0.251 e. The Hall–Kier alpha value is -2.04. The van der Waals surface area contributed by atoms with Crippen molar-refractivity contribution in [3.8, 4) is 11.3 Å². The van der Waals surface area contributed by atoms with E-state index in [1.54, 1.807) is 0 Å². The lowest BCUT2D eigenvalue weighted by atomic mass is 10.1. The SMILES string of the molecule is CCCc1nc(-c2cccc(F)c2F)cc(=O)[nH]1. The fourth-order valence-electron chi connectivity index (χ4n) is 1.70. The molecule has 2 rings (SSSR count). The predicted molar refractivity (Wildman–Crippen MR) is 64.2 cm³/mol. The van der Waals surface area contributed by atoms with E-state index in [-0.39, 0.29) is 16.8 Å². The maximum absolute atomic E-state index is 13.6. The molecule has 0 fully saturated rings. The molecule has 0 bridgehead atoms. The van der Waals surface area contributed by atoms with E-state index in [4.69, 9.17) is 0 Å². The van der Waals surface area contributed by atoms with Crippen molar-refractivity contribution in [2.75, 3.05) is 0 Å². The molecule has 1 aromatic carbocycles. The molecule has 1 aromatic heterocycles. The van der Waals surface area contributed by atoms with Crippen molar-refractivity contribution in [1.29, 1.82) is 0 Å². The molecular weight excluding hydrogens is 238 g/mol. The number of rotatable bonds is 3. The van der Waals surface area contributed by atoms with Crippen LogP contribution in [0, 0.1) is 11.6 Å². The molecule has 0 aliphatic carbocycles. The summed E-state index contributed by atoms with van der Waals surface area (Å²) in [5, 5.41) is 0. The van der Waals surface area contributed by atoms with Crippen molar-refractivity contribution >= 4 is 0 Å². The first kappa shape index (κ1) is 12.4. The number of H-pyrrole nitrogens is 1. The zero-order valence-electron chi connectivity index (χ0n) is 9.84. The summed E-state index contributed by atoms with van der Waals surface area (Å²) in [7, 11) is 0. The van der Waals surface area contributed by atoms with E-state index in [1.165, 1.54) is 12.1 Å². The second-order valence-corrected chi connectivity index (χ2v) is 3.93. The Morgan fingerprint density at radius 1 is 1.33 bits per heavy atom. The number of aryl methyl sites for hydroxylation is 1. The molecule has 5 heteroatoms. The highest BCUT2D eigenvalue weighted by atomic mass is 19.2. The summed E-state index contributed by atoms with van der Waals surface area (Å²) in [6.07, 6.45) is 1.39. The molecule has 0 saturated carbocycles. The van der Waals surface area contributed by atoms with Gasteiger partial charge >= 0.3 is 0 Å². The van der Waals surface area contributed by atoms with Crippen LogP contribution < -0.4 is 5.56 Å². The molecule has 0 radical (unpaired) electrons. The molecule has 0 saturated heterocycles. The summed E-state index contributed by atoms with van der Waals surface area (Å²) >= 11 is 0. The largest absolute Gasteiger partial charge is 0.311 e. The number of benzene rings is 1. The van der Waals surface area contributed by atoms with Crippen LogP contribution in [0.1, 0.15) is 19.2 Å². The van der Waals surface area contributed by atoms with Gasteiger partial charge in [0.2, 0.25) is 0 Å². The molecule has 0 aliphatic rings. The maximum atomic E-state index is 13.6. The van der Waals surface area contributed by atoms with E-state index in [0.29, 0.717) is 12.2 Å². The summed E-state index contributed by atoms with van der Waals surface area (Å²) in [5.41, 5.74) is -0.218. The Kier molecular flexibility index (Phi) is 3.50. The van der Waals surface area contributed by atoms with Crippen molar-refractivity contribution < 1.29 is 8.78 Å². The number of hydrogen-bond acceptors (Lipinski definition) is 2. The second kappa shape index (κ2) is 5.08. The predicted octanol–water partition coefficient (Wildman–Crippen LogP) is 2.67. The van der Waals surface area contributed by atoms with Crippen LogP contribution >= 0.6 is 0 Å². The molecule has 0 unspecified atom stereocenters. The zero-order valence-corrected chi connectivity index (χ0v) is 9.84. The first-order valence-corrected chi connectivity index (χ1v) is 5.66. The second-order valence-electron chi connectivity index (χ2n) is 3.93. The van der Waals surface area contributed by atoms with Crippen LogP contribution in [-0.4, -0.2) is 9.97 Å². The fraction of sp³-hybridized carbons (Fsp3) is 0.231. The number of halogens is 2. The van der Waals surface area contributed by atoms with Crippen LogP contribution in [0.15, 0.2) is 29.1 Å². The number of hydrogen-bond donors (Lipinski definition) is 1. The molecule has 0 atom stereocenters. The highest BCUT2D eigenvalue weighted by molar-refractivity contribution is 5.59. The number of nitrogens with one attached hydrogen (secondary N) is 1. The molecule has 18 heavy (non-hydrogen) atoms. The first-order chi connectivity index (χ1) is 8.61. The molecular formula is C13H12F2N2O. The molecule has 1 N–H and O–H groups in total. The summed E-state index contributed by atoms with van der Waals surface area (Å²) in [6.45, 7) is 1.94. The monoisotopic (exact) mass is 250 g/mol. The number of aromatic amines is 1. The van der Waals surface area contributed by atoms with Crippen molar-refractivity contribution in [3.05, 3.63) is 52.1 Å². The fourth-order valence-corrected chi connectivity index (χ4v) is 1.70. The molecule has 2 aromatic rings. The first-order valence-electron chi connectivity index (χ1n) is 5.66. The molecule has 94 valence electrons. The van der Waals surface area contributed by atoms with Gasteiger partial charge in [0.25, 0.3) is 5.56 Å². The normalized spacial score (nSPS) is 10.6. The van der Waals surface area contributed by atoms with Crippen LogP contribution in [0.3, 0.4) is 0 Å². The smallest absolute Gasteiger partial charge is 0.251 e. The van der Waals surface area contributed by atoms with Gasteiger partial charge < -0.3 is 4.98 Å². The van der Waals surface area contributed by atoms with Gasteiger partial charge in [-0.3, -0.25) is 4.79 Å². The van der Waals surface area contributed by atoms with Gasteiger partial charge in [0.05, 0.1) is 5.69 Å². The number of nitrogens with zero attached hydrogens (tertiary/aromatic N) is 1. The lowest BCUT2D eigenvalue weighted by molar-refractivity contribution is 0.511. The van der Waals surface area contributed by atoms with E-state index in [1.807, 2.05) is 6.92 Å². The molecule has 0 amide bonds. The Labute approximate surface area is 103 Å². The van der Waals surface area contributed by atoms with E-state index in [2.05, 4.69) is 9.97 Å². The third kappa shape index (κ3) is 2.45. The lowest BCUT2D eigenvalue weighted by Gasteiger charge is -2.05. The van der Waals surface area contributed by atoms with E-state index < -0.39 is 11.6 Å². The molecule has 0 aliphatic heterocycles. The lowest BCUT2D eigenvalue weighted by Crippen LogP contribution is -2.11. The summed E-state index contributed by atoms with van der Waals surface area (Å²) in [5.74, 6) is -1.46.